The first-order valence-corrected chi connectivity index (χ1v) is 7.64. The monoisotopic (exact) mass is 308 g/mol. The minimum Gasteiger partial charge on any atom is -0.383 e. The van der Waals surface area contributed by atoms with E-state index >= 15 is 0 Å². The summed E-state index contributed by atoms with van der Waals surface area (Å²) in [5, 5.41) is 4.16. The lowest BCUT2D eigenvalue weighted by molar-refractivity contribution is 0.0748. The number of thiophene rings is 1. The molecule has 1 amide bonds. The van der Waals surface area contributed by atoms with Crippen molar-refractivity contribution in [2.75, 3.05) is 39.2 Å². The van der Waals surface area contributed by atoms with Crippen molar-refractivity contribution in [3.63, 3.8) is 0 Å². The van der Waals surface area contributed by atoms with Crippen molar-refractivity contribution in [1.29, 1.82) is 0 Å². The molecule has 21 heavy (non-hydrogen) atoms. The maximum absolute atomic E-state index is 12.5. The first-order valence-electron chi connectivity index (χ1n) is 6.82. The molecular weight excluding hydrogens is 288 g/mol. The van der Waals surface area contributed by atoms with Crippen molar-refractivity contribution in [2.24, 2.45) is 0 Å². The number of amides is 1. The fraction of sp³-hybridized carbons (Fsp3) is 0.500. The fourth-order valence-corrected chi connectivity index (χ4v) is 3.22. The average molecular weight is 308 g/mol. The van der Waals surface area contributed by atoms with Crippen molar-refractivity contribution >= 4 is 33.3 Å². The van der Waals surface area contributed by atoms with Gasteiger partial charge in [0.05, 0.1) is 16.9 Å². The predicted octanol–water partition coefficient (Wildman–Crippen LogP) is 2.15. The highest BCUT2D eigenvalue weighted by atomic mass is 32.1. The zero-order chi connectivity index (χ0) is 15.4. The Morgan fingerprint density at radius 1 is 1.48 bits per heavy atom. The molecule has 0 saturated carbocycles. The van der Waals surface area contributed by atoms with Crippen LogP contribution in [0.3, 0.4) is 0 Å². The Labute approximate surface area is 128 Å². The normalized spacial score (nSPS) is 10.9. The van der Waals surface area contributed by atoms with Crippen molar-refractivity contribution in [3.05, 3.63) is 16.8 Å². The van der Waals surface area contributed by atoms with Crippen LogP contribution in [0.2, 0.25) is 0 Å². The molecule has 0 unspecified atom stereocenters. The number of anilines is 1. The number of nitrogens with one attached hydrogen (secondary N) is 1. The van der Waals surface area contributed by atoms with Crippen LogP contribution in [0.25, 0.3) is 10.2 Å². The lowest BCUT2D eigenvalue weighted by Crippen LogP contribution is -2.29. The van der Waals surface area contributed by atoms with Crippen LogP contribution in [0.15, 0.2) is 6.33 Å². The summed E-state index contributed by atoms with van der Waals surface area (Å²) in [5.74, 6) is 0.782. The Morgan fingerprint density at radius 3 is 2.90 bits per heavy atom. The summed E-state index contributed by atoms with van der Waals surface area (Å²) in [6.07, 6.45) is 1.53. The number of aromatic nitrogens is 2. The number of carbonyl (C=O) groups is 1. The molecule has 0 bridgehead atoms. The summed E-state index contributed by atoms with van der Waals surface area (Å²) in [4.78, 5) is 24.3. The third-order valence-electron chi connectivity index (χ3n) is 3.24. The van der Waals surface area contributed by atoms with Gasteiger partial charge in [0.15, 0.2) is 0 Å². The highest BCUT2D eigenvalue weighted by molar-refractivity contribution is 7.20. The summed E-state index contributed by atoms with van der Waals surface area (Å²) in [7, 11) is 3.41. The van der Waals surface area contributed by atoms with Gasteiger partial charge < -0.3 is 15.0 Å². The number of likely N-dealkylation sites (N-methyl/N-ethyl adjacent to an activating group) is 1. The highest BCUT2D eigenvalue weighted by Crippen LogP contribution is 2.33. The average Bonchev–Trinajstić information content (AvgIpc) is 2.82. The van der Waals surface area contributed by atoms with Crippen molar-refractivity contribution in [3.8, 4) is 0 Å². The molecule has 0 fully saturated rings. The first-order chi connectivity index (χ1) is 10.1. The number of ether oxygens (including phenoxy) is 1. The van der Waals surface area contributed by atoms with Gasteiger partial charge in [-0.1, -0.05) is 0 Å². The summed E-state index contributed by atoms with van der Waals surface area (Å²) in [6, 6.07) is 0. The van der Waals surface area contributed by atoms with E-state index in [9.17, 15) is 4.79 Å². The van der Waals surface area contributed by atoms with Crippen LogP contribution in [0, 0.1) is 6.92 Å². The molecule has 0 aliphatic rings. The molecule has 0 atom stereocenters. The van der Waals surface area contributed by atoms with Crippen LogP contribution in [-0.2, 0) is 4.74 Å². The van der Waals surface area contributed by atoms with Gasteiger partial charge in [-0.25, -0.2) is 9.97 Å². The Bertz CT molecular complexity index is 641. The molecule has 2 rings (SSSR count). The van der Waals surface area contributed by atoms with Gasteiger partial charge in [0.2, 0.25) is 0 Å². The topological polar surface area (TPSA) is 67.4 Å². The van der Waals surface area contributed by atoms with Crippen LogP contribution in [0.1, 0.15) is 22.2 Å². The second-order valence-electron chi connectivity index (χ2n) is 4.71. The van der Waals surface area contributed by atoms with Gasteiger partial charge in [0.1, 0.15) is 17.0 Å². The summed E-state index contributed by atoms with van der Waals surface area (Å²) < 4.78 is 5.02. The number of aryl methyl sites for hydroxylation is 1. The Kier molecular flexibility index (Phi) is 5.08. The van der Waals surface area contributed by atoms with E-state index < -0.39 is 0 Å². The van der Waals surface area contributed by atoms with E-state index in [1.54, 1.807) is 19.1 Å². The first kappa shape index (κ1) is 15.7. The molecule has 2 aromatic heterocycles. The molecule has 0 aromatic carbocycles. The molecule has 7 heteroatoms. The summed E-state index contributed by atoms with van der Waals surface area (Å²) in [5.41, 5.74) is 0.931. The molecule has 0 radical (unpaired) electrons. The lowest BCUT2D eigenvalue weighted by Gasteiger charge is -2.16. The molecule has 2 heterocycles. The largest absolute Gasteiger partial charge is 0.383 e. The Morgan fingerprint density at radius 2 is 2.24 bits per heavy atom. The quantitative estimate of drug-likeness (QED) is 0.885. The second-order valence-corrected chi connectivity index (χ2v) is 5.71. The minimum atomic E-state index is -0.00463. The molecule has 2 aromatic rings. The molecule has 0 saturated heterocycles. The molecule has 1 N–H and O–H groups in total. The molecule has 0 spiro atoms. The van der Waals surface area contributed by atoms with E-state index in [0.717, 1.165) is 28.1 Å². The highest BCUT2D eigenvalue weighted by Gasteiger charge is 2.21. The van der Waals surface area contributed by atoms with E-state index in [0.29, 0.717) is 18.0 Å². The van der Waals surface area contributed by atoms with Gasteiger partial charge in [0, 0.05) is 27.2 Å². The zero-order valence-electron chi connectivity index (χ0n) is 12.8. The fourth-order valence-electron chi connectivity index (χ4n) is 2.08. The van der Waals surface area contributed by atoms with Crippen molar-refractivity contribution in [1.82, 2.24) is 14.9 Å². The molecular formula is C14H20N4O2S. The van der Waals surface area contributed by atoms with Gasteiger partial charge in [-0.2, -0.15) is 0 Å². The second kappa shape index (κ2) is 6.82. The van der Waals surface area contributed by atoms with Gasteiger partial charge in [0.25, 0.3) is 5.91 Å². The molecule has 0 aliphatic carbocycles. The van der Waals surface area contributed by atoms with Gasteiger partial charge in [-0.3, -0.25) is 4.79 Å². The van der Waals surface area contributed by atoms with Crippen LogP contribution >= 0.6 is 11.3 Å². The SMILES string of the molecule is CCNc1ncnc2sc(C(=O)N(C)CCOC)c(C)c12. The third-order valence-corrected chi connectivity index (χ3v) is 4.43. The zero-order valence-corrected chi connectivity index (χ0v) is 13.6. The van der Waals surface area contributed by atoms with Crippen LogP contribution in [-0.4, -0.2) is 54.6 Å². The van der Waals surface area contributed by atoms with Crippen LogP contribution in [0.4, 0.5) is 5.82 Å². The smallest absolute Gasteiger partial charge is 0.264 e. The molecule has 6 nitrogen and oxygen atoms in total. The predicted molar refractivity (Wildman–Crippen MR) is 85.2 cm³/mol. The van der Waals surface area contributed by atoms with E-state index in [1.165, 1.54) is 17.7 Å². The van der Waals surface area contributed by atoms with Crippen molar-refractivity contribution in [2.45, 2.75) is 13.8 Å². The lowest BCUT2D eigenvalue weighted by atomic mass is 10.2. The molecule has 0 aliphatic heterocycles. The number of carbonyl (C=O) groups excluding carboxylic acids is 1. The van der Waals surface area contributed by atoms with Crippen molar-refractivity contribution < 1.29 is 9.53 Å². The third kappa shape index (κ3) is 3.14. The van der Waals surface area contributed by atoms with Gasteiger partial charge >= 0.3 is 0 Å². The maximum atomic E-state index is 12.5. The molecule has 114 valence electrons. The summed E-state index contributed by atoms with van der Waals surface area (Å²) in [6.45, 7) is 5.82. The van der Waals surface area contributed by atoms with E-state index in [4.69, 9.17) is 4.74 Å². The number of hydrogen-bond acceptors (Lipinski definition) is 6. The van der Waals surface area contributed by atoms with E-state index in [2.05, 4.69) is 15.3 Å². The van der Waals surface area contributed by atoms with E-state index in [-0.39, 0.29) is 5.91 Å². The van der Waals surface area contributed by atoms with Crippen LogP contribution in [0.5, 0.6) is 0 Å². The minimum absolute atomic E-state index is 0.00463. The standard InChI is InChI=1S/C14H20N4O2S/c1-5-15-12-10-9(2)11(21-13(10)17-8-16-12)14(19)18(3)6-7-20-4/h8H,5-7H2,1-4H3,(H,15,16,17). The number of fused-ring (bicyclic) bond motifs is 1. The van der Waals surface area contributed by atoms with Gasteiger partial charge in [-0.05, 0) is 19.4 Å². The van der Waals surface area contributed by atoms with Gasteiger partial charge in [-0.15, -0.1) is 11.3 Å². The number of rotatable bonds is 6. The van der Waals surface area contributed by atoms with Crippen LogP contribution < -0.4 is 5.32 Å². The Balaban J connectivity index is 2.39. The number of methoxy groups -OCH3 is 1. The Hall–Kier alpha value is -1.73. The maximum Gasteiger partial charge on any atom is 0.264 e. The number of hydrogen-bond donors (Lipinski definition) is 1. The summed E-state index contributed by atoms with van der Waals surface area (Å²) >= 11 is 1.41. The number of nitrogens with zero attached hydrogens (tertiary/aromatic N) is 3. The van der Waals surface area contributed by atoms with E-state index in [1.807, 2.05) is 13.8 Å².